The van der Waals surface area contributed by atoms with Crippen LogP contribution in [0.3, 0.4) is 0 Å². The number of rotatable bonds is 3. The Bertz CT molecular complexity index is 246. The zero-order chi connectivity index (χ0) is 9.41. The monoisotopic (exact) mass is 168 g/mol. The molecule has 0 saturated carbocycles. The third-order valence-corrected chi connectivity index (χ3v) is 2.23. The maximum absolute atomic E-state index is 11.2. The molecule has 0 radical (unpaired) electrons. The van der Waals surface area contributed by atoms with Gasteiger partial charge in [-0.1, -0.05) is 12.7 Å². The Morgan fingerprint density at radius 1 is 1.50 bits per heavy atom. The van der Waals surface area contributed by atoms with Crippen LogP contribution in [-0.2, 0) is 14.3 Å². The van der Waals surface area contributed by atoms with E-state index in [1.165, 1.54) is 13.2 Å². The largest absolute Gasteiger partial charge is 0.467 e. The van der Waals surface area contributed by atoms with Gasteiger partial charge >= 0.3 is 5.97 Å². The minimum absolute atomic E-state index is 0.431. The molecule has 0 aromatic rings. The van der Waals surface area contributed by atoms with Crippen LogP contribution in [0.2, 0.25) is 0 Å². The molecule has 1 fully saturated rings. The zero-order valence-corrected chi connectivity index (χ0v) is 7.29. The van der Waals surface area contributed by atoms with Gasteiger partial charge in [0.15, 0.2) is 0 Å². The fourth-order valence-electron chi connectivity index (χ4n) is 1.23. The lowest BCUT2D eigenvalue weighted by molar-refractivity contribution is -0.145. The van der Waals surface area contributed by atoms with Crippen molar-refractivity contribution in [2.24, 2.45) is 0 Å². The normalized spacial score (nSPS) is 38.5. The number of hydrogen-bond acceptors (Lipinski definition) is 3. The number of ether oxygens (including phenoxy) is 2. The number of esters is 1. The lowest BCUT2D eigenvalue weighted by Crippen LogP contribution is -2.30. The molecule has 1 aliphatic heterocycles. The van der Waals surface area contributed by atoms with Gasteiger partial charge in [-0.25, -0.2) is 4.79 Å². The van der Waals surface area contributed by atoms with Gasteiger partial charge in [0.25, 0.3) is 0 Å². The first-order valence-corrected chi connectivity index (χ1v) is 3.62. The van der Waals surface area contributed by atoms with Crippen molar-refractivity contribution in [3.05, 3.63) is 25.3 Å². The third-order valence-electron chi connectivity index (χ3n) is 2.23. The number of hydrogen-bond donors (Lipinski definition) is 0. The van der Waals surface area contributed by atoms with Gasteiger partial charge in [0, 0.05) is 0 Å². The first-order valence-electron chi connectivity index (χ1n) is 3.62. The molecule has 0 aliphatic carbocycles. The summed E-state index contributed by atoms with van der Waals surface area (Å²) < 4.78 is 9.82. The Morgan fingerprint density at radius 3 is 2.33 bits per heavy atom. The summed E-state index contributed by atoms with van der Waals surface area (Å²) in [5.74, 6) is -0.431. The summed E-state index contributed by atoms with van der Waals surface area (Å²) in [6.45, 7) is 8.87. The van der Waals surface area contributed by atoms with Crippen LogP contribution in [0.5, 0.6) is 0 Å². The smallest absolute Gasteiger partial charge is 0.345 e. The van der Waals surface area contributed by atoms with Crippen molar-refractivity contribution in [1.29, 1.82) is 0 Å². The highest BCUT2D eigenvalue weighted by Crippen LogP contribution is 2.50. The average Bonchev–Trinajstić information content (AvgIpc) is 2.73. The minimum atomic E-state index is -1.01. The lowest BCUT2D eigenvalue weighted by Gasteiger charge is -2.06. The lowest BCUT2D eigenvalue weighted by atomic mass is 9.94. The van der Waals surface area contributed by atoms with Crippen molar-refractivity contribution in [3.8, 4) is 0 Å². The van der Waals surface area contributed by atoms with E-state index in [-0.39, 0.29) is 0 Å². The number of carbonyl (C=O) groups is 1. The van der Waals surface area contributed by atoms with Gasteiger partial charge in [-0.15, -0.1) is 6.58 Å². The van der Waals surface area contributed by atoms with Gasteiger partial charge < -0.3 is 9.47 Å². The molecule has 3 nitrogen and oxygen atoms in total. The van der Waals surface area contributed by atoms with E-state index in [9.17, 15) is 4.79 Å². The molecule has 12 heavy (non-hydrogen) atoms. The number of methoxy groups -OCH3 is 1. The van der Waals surface area contributed by atoms with Crippen LogP contribution in [0, 0.1) is 0 Å². The molecule has 1 saturated heterocycles. The molecular formula is C9H12O3. The van der Waals surface area contributed by atoms with Crippen molar-refractivity contribution in [1.82, 2.24) is 0 Å². The molecule has 1 rings (SSSR count). The van der Waals surface area contributed by atoms with Crippen molar-refractivity contribution >= 4 is 5.97 Å². The van der Waals surface area contributed by atoms with Crippen molar-refractivity contribution < 1.29 is 14.3 Å². The van der Waals surface area contributed by atoms with Crippen LogP contribution in [0.4, 0.5) is 0 Å². The Labute approximate surface area is 71.7 Å². The fourth-order valence-corrected chi connectivity index (χ4v) is 1.23. The average molecular weight is 168 g/mol. The van der Waals surface area contributed by atoms with E-state index in [1.807, 2.05) is 0 Å². The van der Waals surface area contributed by atoms with E-state index in [0.717, 1.165) is 0 Å². The van der Waals surface area contributed by atoms with E-state index >= 15 is 0 Å². The Morgan fingerprint density at radius 2 is 2.08 bits per heavy atom. The van der Waals surface area contributed by atoms with Crippen molar-refractivity contribution in [2.45, 2.75) is 18.1 Å². The van der Waals surface area contributed by atoms with Gasteiger partial charge in [-0.05, 0) is 13.0 Å². The van der Waals surface area contributed by atoms with Crippen LogP contribution in [-0.4, -0.2) is 24.3 Å². The molecule has 66 valence electrons. The highest BCUT2D eigenvalue weighted by atomic mass is 16.7. The van der Waals surface area contributed by atoms with Crippen LogP contribution in [0.25, 0.3) is 0 Å². The second-order valence-corrected chi connectivity index (χ2v) is 2.84. The first-order chi connectivity index (χ1) is 5.56. The van der Waals surface area contributed by atoms with Crippen LogP contribution in [0.15, 0.2) is 25.3 Å². The molecule has 0 aromatic heterocycles. The van der Waals surface area contributed by atoms with E-state index in [1.54, 1.807) is 13.0 Å². The van der Waals surface area contributed by atoms with Gasteiger partial charge in [-0.2, -0.15) is 0 Å². The van der Waals surface area contributed by atoms with E-state index in [4.69, 9.17) is 4.74 Å². The van der Waals surface area contributed by atoms with Crippen molar-refractivity contribution in [2.75, 3.05) is 7.11 Å². The van der Waals surface area contributed by atoms with Gasteiger partial charge in [0.1, 0.15) is 5.60 Å². The Kier molecular flexibility index (Phi) is 1.84. The summed E-state index contributed by atoms with van der Waals surface area (Å²) in [4.78, 5) is 11.2. The standard InChI is InChI=1S/C9H12O3/c1-5-8(3)9(6-2,12-8)7(10)11-4/h5-6H,1-2H2,3-4H3. The molecule has 0 aromatic carbocycles. The van der Waals surface area contributed by atoms with Gasteiger partial charge in [0.2, 0.25) is 5.60 Å². The summed E-state index contributed by atoms with van der Waals surface area (Å²) in [7, 11) is 1.32. The SMILES string of the molecule is C=CC1(C)OC1(C=C)C(=O)OC. The topological polar surface area (TPSA) is 38.8 Å². The fraction of sp³-hybridized carbons (Fsp3) is 0.444. The van der Waals surface area contributed by atoms with E-state index in [2.05, 4.69) is 17.9 Å². The first kappa shape index (κ1) is 9.00. The summed E-state index contributed by atoms with van der Waals surface area (Å²) in [5, 5.41) is 0. The minimum Gasteiger partial charge on any atom is -0.467 e. The molecular weight excluding hydrogens is 156 g/mol. The van der Waals surface area contributed by atoms with E-state index in [0.29, 0.717) is 0 Å². The number of carbonyl (C=O) groups excluding carboxylic acids is 1. The second-order valence-electron chi connectivity index (χ2n) is 2.84. The maximum Gasteiger partial charge on any atom is 0.345 e. The number of epoxide rings is 1. The molecule has 0 N–H and O–H groups in total. The Hall–Kier alpha value is -1.09. The van der Waals surface area contributed by atoms with Gasteiger partial charge in [0.05, 0.1) is 7.11 Å². The highest BCUT2D eigenvalue weighted by Gasteiger charge is 2.69. The third kappa shape index (κ3) is 0.830. The molecule has 2 atom stereocenters. The van der Waals surface area contributed by atoms with Crippen LogP contribution >= 0.6 is 0 Å². The molecule has 1 heterocycles. The molecule has 1 aliphatic rings. The molecule has 2 unspecified atom stereocenters. The maximum atomic E-state index is 11.2. The predicted molar refractivity (Wildman–Crippen MR) is 44.6 cm³/mol. The summed E-state index contributed by atoms with van der Waals surface area (Å²) in [6.07, 6.45) is 3.02. The molecule has 0 spiro atoms. The van der Waals surface area contributed by atoms with Crippen LogP contribution in [0.1, 0.15) is 6.92 Å². The second kappa shape index (κ2) is 2.45. The summed E-state index contributed by atoms with van der Waals surface area (Å²) >= 11 is 0. The predicted octanol–water partition coefficient (Wildman–Crippen LogP) is 1.06. The molecule has 0 amide bonds. The van der Waals surface area contributed by atoms with Crippen LogP contribution < -0.4 is 0 Å². The highest BCUT2D eigenvalue weighted by molar-refractivity contribution is 5.88. The summed E-state index contributed by atoms with van der Waals surface area (Å²) in [5.41, 5.74) is -1.66. The molecule has 0 bridgehead atoms. The zero-order valence-electron chi connectivity index (χ0n) is 7.29. The summed E-state index contributed by atoms with van der Waals surface area (Å²) in [6, 6.07) is 0. The van der Waals surface area contributed by atoms with Gasteiger partial charge in [-0.3, -0.25) is 0 Å². The Balaban J connectivity index is 2.91. The van der Waals surface area contributed by atoms with Crippen molar-refractivity contribution in [3.63, 3.8) is 0 Å². The van der Waals surface area contributed by atoms with E-state index < -0.39 is 17.2 Å². The molecule has 3 heteroatoms. The quantitative estimate of drug-likeness (QED) is 0.359.